The first-order valence-corrected chi connectivity index (χ1v) is 8.62. The van der Waals surface area contributed by atoms with E-state index in [0.29, 0.717) is 0 Å². The molecule has 3 rings (SSSR count). The monoisotopic (exact) mass is 397 g/mol. The van der Waals surface area contributed by atoms with Crippen molar-refractivity contribution in [3.8, 4) is 0 Å². The van der Waals surface area contributed by atoms with E-state index in [0.717, 1.165) is 8.58 Å². The Hall–Kier alpha value is -1.03. The summed E-state index contributed by atoms with van der Waals surface area (Å²) in [6, 6.07) is 21.2. The van der Waals surface area contributed by atoms with Crippen LogP contribution in [0.15, 0.2) is 85.0 Å². The maximum Gasteiger partial charge on any atom is 0 e. The Morgan fingerprint density at radius 3 is 1.14 bits per heavy atom. The molecule has 0 aromatic heterocycles. The van der Waals surface area contributed by atoms with Crippen molar-refractivity contribution in [3.05, 3.63) is 85.0 Å². The van der Waals surface area contributed by atoms with Crippen molar-refractivity contribution in [3.63, 3.8) is 0 Å². The molecule has 0 aliphatic heterocycles. The number of rotatable bonds is 2. The molecular weight excluding hydrogens is 374 g/mol. The van der Waals surface area contributed by atoms with Crippen LogP contribution in [0.4, 0.5) is 0 Å². The average molecular weight is 397 g/mol. The van der Waals surface area contributed by atoms with Crippen LogP contribution in [0.2, 0.25) is 0 Å². The van der Waals surface area contributed by atoms with Gasteiger partial charge in [0, 0.05) is 19.5 Å². The fourth-order valence-electron chi connectivity index (χ4n) is 2.07. The third-order valence-electron chi connectivity index (χ3n) is 3.17. The third kappa shape index (κ3) is 8.42. The second-order valence-electron chi connectivity index (χ2n) is 4.95. The van der Waals surface area contributed by atoms with E-state index in [9.17, 15) is 0 Å². The van der Waals surface area contributed by atoms with Gasteiger partial charge < -0.3 is 0 Å². The van der Waals surface area contributed by atoms with Crippen LogP contribution in [-0.2, 0) is 19.5 Å². The molecule has 1 aliphatic rings. The minimum absolute atomic E-state index is 0. The van der Waals surface area contributed by atoms with Gasteiger partial charge in [-0.05, 0) is 36.3 Å². The normalized spacial score (nSPS) is 13.1. The molecule has 0 saturated heterocycles. The Bertz CT molecular complexity index is 483. The molecule has 0 heterocycles. The molecule has 0 amide bonds. The molecule has 0 atom stereocenters. The van der Waals surface area contributed by atoms with Gasteiger partial charge in [-0.1, -0.05) is 93.5 Å². The van der Waals surface area contributed by atoms with Gasteiger partial charge in [-0.2, -0.15) is 0 Å². The summed E-state index contributed by atoms with van der Waals surface area (Å²) < 4.78 is 0. The molecule has 0 bridgehead atoms. The summed E-state index contributed by atoms with van der Waals surface area (Å²) in [6.45, 7) is 0. The van der Waals surface area contributed by atoms with Crippen LogP contribution >= 0.6 is 8.58 Å². The maximum atomic E-state index is 2.27. The van der Waals surface area contributed by atoms with Crippen LogP contribution in [0, 0.1) is 0 Å². The zero-order valence-corrected chi connectivity index (χ0v) is 15.4. The van der Waals surface area contributed by atoms with Gasteiger partial charge in [0.15, 0.2) is 0 Å². The third-order valence-corrected chi connectivity index (χ3v) is 4.41. The van der Waals surface area contributed by atoms with Crippen molar-refractivity contribution in [1.29, 1.82) is 0 Å². The Morgan fingerprint density at radius 2 is 0.818 bits per heavy atom. The maximum absolute atomic E-state index is 2.27. The molecule has 0 spiro atoms. The number of hydrogen-bond donors (Lipinski definition) is 0. The standard InChI is InChI=1S/C12H11P.C8H12.Rh/c1-3-7-11(8-4-1)13-12-9-5-2-6-10-12;1-2-4-6-8-7-5-3-1;/h1-10,13H;1-2,7-8H,3-6H2;. The predicted octanol–water partition coefficient (Wildman–Crippen LogP) is 4.99. The molecule has 0 nitrogen and oxygen atoms in total. The molecule has 1 aliphatic carbocycles. The van der Waals surface area contributed by atoms with E-state index in [-0.39, 0.29) is 19.5 Å². The molecule has 2 aromatic rings. The molecule has 0 fully saturated rings. The number of benzene rings is 2. The second-order valence-corrected chi connectivity index (χ2v) is 6.36. The van der Waals surface area contributed by atoms with Gasteiger partial charge in [-0.3, -0.25) is 0 Å². The van der Waals surface area contributed by atoms with Gasteiger partial charge in [0.05, 0.1) is 0 Å². The minimum Gasteiger partial charge on any atom is -0.0882 e. The largest absolute Gasteiger partial charge is 0.0882 e. The van der Waals surface area contributed by atoms with Crippen molar-refractivity contribution in [2.45, 2.75) is 25.7 Å². The summed E-state index contributed by atoms with van der Waals surface area (Å²) in [5.41, 5.74) is 0. The summed E-state index contributed by atoms with van der Waals surface area (Å²) in [5, 5.41) is 2.79. The van der Waals surface area contributed by atoms with Crippen LogP contribution in [0.25, 0.3) is 0 Å². The molecule has 2 aromatic carbocycles. The van der Waals surface area contributed by atoms with Gasteiger partial charge >= 0.3 is 0 Å². The van der Waals surface area contributed by atoms with E-state index in [1.54, 1.807) is 0 Å². The van der Waals surface area contributed by atoms with Gasteiger partial charge in [-0.15, -0.1) is 0 Å². The van der Waals surface area contributed by atoms with E-state index in [4.69, 9.17) is 0 Å². The van der Waals surface area contributed by atoms with Crippen molar-refractivity contribution in [2.24, 2.45) is 0 Å². The Balaban J connectivity index is 0.000000234. The fourth-order valence-corrected chi connectivity index (χ4v) is 3.12. The van der Waals surface area contributed by atoms with E-state index in [1.807, 2.05) is 0 Å². The van der Waals surface area contributed by atoms with Gasteiger partial charge in [0.1, 0.15) is 0 Å². The molecule has 117 valence electrons. The van der Waals surface area contributed by atoms with Crippen LogP contribution in [0.3, 0.4) is 0 Å². The van der Waals surface area contributed by atoms with Crippen molar-refractivity contribution >= 4 is 19.2 Å². The van der Waals surface area contributed by atoms with Gasteiger partial charge in [0.2, 0.25) is 0 Å². The van der Waals surface area contributed by atoms with E-state index in [1.165, 1.54) is 36.3 Å². The first-order valence-electron chi connectivity index (χ1n) is 7.62. The summed E-state index contributed by atoms with van der Waals surface area (Å²) in [7, 11) is 0.777. The predicted molar refractivity (Wildman–Crippen MR) is 97.2 cm³/mol. The molecule has 1 radical (unpaired) electrons. The van der Waals surface area contributed by atoms with E-state index < -0.39 is 0 Å². The summed E-state index contributed by atoms with van der Waals surface area (Å²) in [4.78, 5) is 0. The van der Waals surface area contributed by atoms with Gasteiger partial charge in [0.25, 0.3) is 0 Å². The fraction of sp³-hybridized carbons (Fsp3) is 0.200. The Kier molecular flexibility index (Phi) is 10.8. The summed E-state index contributed by atoms with van der Waals surface area (Å²) >= 11 is 0. The molecule has 0 N–H and O–H groups in total. The Labute approximate surface area is 149 Å². The van der Waals surface area contributed by atoms with E-state index in [2.05, 4.69) is 85.0 Å². The summed E-state index contributed by atoms with van der Waals surface area (Å²) in [5.74, 6) is 0. The molecular formula is C20H23PRh. The van der Waals surface area contributed by atoms with Crippen LogP contribution in [-0.4, -0.2) is 0 Å². The average Bonchev–Trinajstić information content (AvgIpc) is 2.49. The van der Waals surface area contributed by atoms with Crippen LogP contribution < -0.4 is 10.6 Å². The van der Waals surface area contributed by atoms with Crippen molar-refractivity contribution in [2.75, 3.05) is 0 Å². The second kappa shape index (κ2) is 12.5. The van der Waals surface area contributed by atoms with Crippen molar-refractivity contribution in [1.82, 2.24) is 0 Å². The minimum atomic E-state index is 0. The molecule has 0 unspecified atom stereocenters. The molecule has 2 heteroatoms. The Morgan fingerprint density at radius 1 is 0.500 bits per heavy atom. The SMILES string of the molecule is C1=CCCC=CCC1.[Rh].c1ccc(Pc2ccccc2)cc1. The summed E-state index contributed by atoms with van der Waals surface area (Å²) in [6.07, 6.45) is 14.0. The van der Waals surface area contributed by atoms with Gasteiger partial charge in [-0.25, -0.2) is 0 Å². The topological polar surface area (TPSA) is 0 Å². The molecule has 22 heavy (non-hydrogen) atoms. The van der Waals surface area contributed by atoms with Crippen LogP contribution in [0.5, 0.6) is 0 Å². The first kappa shape index (κ1) is 19.0. The number of hydrogen-bond acceptors (Lipinski definition) is 0. The van der Waals surface area contributed by atoms with Crippen LogP contribution in [0.1, 0.15) is 25.7 Å². The van der Waals surface area contributed by atoms with Crippen molar-refractivity contribution < 1.29 is 19.5 Å². The number of allylic oxidation sites excluding steroid dienone is 4. The zero-order chi connectivity index (χ0) is 14.6. The molecule has 0 saturated carbocycles. The smallest absolute Gasteiger partial charge is 0 e. The zero-order valence-electron chi connectivity index (χ0n) is 12.7. The quantitative estimate of drug-likeness (QED) is 0.381. The first-order chi connectivity index (χ1) is 10.4. The van der Waals surface area contributed by atoms with E-state index >= 15 is 0 Å².